The summed E-state index contributed by atoms with van der Waals surface area (Å²) in [5, 5.41) is 9.40. The number of ether oxygens (including phenoxy) is 1. The second-order valence-electron chi connectivity index (χ2n) is 5.73. The Labute approximate surface area is 126 Å². The van der Waals surface area contributed by atoms with Crippen molar-refractivity contribution in [1.29, 1.82) is 0 Å². The highest BCUT2D eigenvalue weighted by Gasteiger charge is 2.24. The predicted octanol–water partition coefficient (Wildman–Crippen LogP) is 2.52. The van der Waals surface area contributed by atoms with E-state index in [4.69, 9.17) is 4.74 Å². The van der Waals surface area contributed by atoms with Crippen LogP contribution in [0.15, 0.2) is 24.3 Å². The van der Waals surface area contributed by atoms with Gasteiger partial charge < -0.3 is 9.84 Å². The highest BCUT2D eigenvalue weighted by molar-refractivity contribution is 7.93. The zero-order valence-electron chi connectivity index (χ0n) is 12.5. The number of hydrogen-bond donors (Lipinski definition) is 2. The molecular weight excluding hydrogens is 290 g/mol. The molecule has 0 amide bonds. The molecule has 0 aliphatic heterocycles. The first-order chi connectivity index (χ1) is 9.88. The van der Waals surface area contributed by atoms with Crippen LogP contribution in [-0.4, -0.2) is 31.0 Å². The van der Waals surface area contributed by atoms with Gasteiger partial charge in [0, 0.05) is 5.69 Å². The minimum absolute atomic E-state index is 0.169. The molecule has 1 saturated carbocycles. The standard InChI is InChI=1S/C15H23NO4S/c1-11(2)21(18,19)16-12-7-9-13(10-8-12)20-15-6-4-3-5-14(15)17/h7-11,14-17H,3-6H2,1-2H3. The average molecular weight is 313 g/mol. The van der Waals surface area contributed by atoms with Crippen LogP contribution in [-0.2, 0) is 10.0 Å². The summed E-state index contributed by atoms with van der Waals surface area (Å²) < 4.78 is 31.8. The fourth-order valence-corrected chi connectivity index (χ4v) is 2.97. The van der Waals surface area contributed by atoms with Crippen molar-refractivity contribution in [3.63, 3.8) is 0 Å². The van der Waals surface area contributed by atoms with Gasteiger partial charge in [-0.3, -0.25) is 4.72 Å². The Kier molecular flexibility index (Phi) is 5.11. The van der Waals surface area contributed by atoms with Crippen LogP contribution < -0.4 is 9.46 Å². The predicted molar refractivity (Wildman–Crippen MR) is 83.0 cm³/mol. The van der Waals surface area contributed by atoms with E-state index in [1.165, 1.54) is 0 Å². The van der Waals surface area contributed by atoms with Crippen molar-refractivity contribution in [2.24, 2.45) is 0 Å². The van der Waals surface area contributed by atoms with Crippen LogP contribution in [0.5, 0.6) is 5.75 Å². The lowest BCUT2D eigenvalue weighted by molar-refractivity contribution is 0.00688. The van der Waals surface area contributed by atoms with E-state index in [0.717, 1.165) is 25.7 Å². The quantitative estimate of drug-likeness (QED) is 0.876. The summed E-state index contributed by atoms with van der Waals surface area (Å²) in [6, 6.07) is 6.79. The molecule has 5 nitrogen and oxygen atoms in total. The molecule has 2 atom stereocenters. The maximum Gasteiger partial charge on any atom is 0.235 e. The van der Waals surface area contributed by atoms with E-state index in [2.05, 4.69) is 4.72 Å². The van der Waals surface area contributed by atoms with Crippen molar-refractivity contribution < 1.29 is 18.3 Å². The molecule has 0 bridgehead atoms. The third kappa shape index (κ3) is 4.35. The third-order valence-corrected chi connectivity index (χ3v) is 5.45. The summed E-state index contributed by atoms with van der Waals surface area (Å²) in [6.07, 6.45) is 3.14. The zero-order chi connectivity index (χ0) is 15.5. The Morgan fingerprint density at radius 1 is 1.19 bits per heavy atom. The van der Waals surface area contributed by atoms with Gasteiger partial charge >= 0.3 is 0 Å². The minimum Gasteiger partial charge on any atom is -0.488 e. The second-order valence-corrected chi connectivity index (χ2v) is 7.97. The lowest BCUT2D eigenvalue weighted by Crippen LogP contribution is -2.34. The van der Waals surface area contributed by atoms with Gasteiger partial charge in [0.15, 0.2) is 0 Å². The summed E-state index contributed by atoms with van der Waals surface area (Å²) in [5.74, 6) is 0.647. The molecule has 118 valence electrons. The molecule has 1 aromatic rings. The number of rotatable bonds is 5. The fourth-order valence-electron chi connectivity index (χ4n) is 2.27. The monoisotopic (exact) mass is 313 g/mol. The van der Waals surface area contributed by atoms with Crippen LogP contribution in [0, 0.1) is 0 Å². The lowest BCUT2D eigenvalue weighted by Gasteiger charge is -2.28. The Morgan fingerprint density at radius 2 is 1.81 bits per heavy atom. The van der Waals surface area contributed by atoms with Crippen molar-refractivity contribution in [2.45, 2.75) is 57.0 Å². The Bertz CT molecular complexity index is 554. The number of aliphatic hydroxyl groups excluding tert-OH is 1. The fraction of sp³-hybridized carbons (Fsp3) is 0.600. The normalized spacial score (nSPS) is 23.0. The van der Waals surface area contributed by atoms with Crippen LogP contribution >= 0.6 is 0 Å². The first-order valence-electron chi connectivity index (χ1n) is 7.35. The molecule has 0 spiro atoms. The molecule has 1 aromatic carbocycles. The Morgan fingerprint density at radius 3 is 2.38 bits per heavy atom. The van der Waals surface area contributed by atoms with Gasteiger partial charge in [-0.2, -0.15) is 0 Å². The summed E-state index contributed by atoms with van der Waals surface area (Å²) in [6.45, 7) is 3.26. The Balaban J connectivity index is 1.99. The topological polar surface area (TPSA) is 75.6 Å². The second kappa shape index (κ2) is 6.66. The summed E-state index contributed by atoms with van der Waals surface area (Å²) in [7, 11) is -3.33. The van der Waals surface area contributed by atoms with Crippen LogP contribution in [0.25, 0.3) is 0 Å². The molecule has 2 rings (SSSR count). The van der Waals surface area contributed by atoms with Crippen molar-refractivity contribution in [3.8, 4) is 5.75 Å². The largest absolute Gasteiger partial charge is 0.488 e. The Hall–Kier alpha value is -1.27. The third-order valence-electron chi connectivity index (χ3n) is 3.69. The van der Waals surface area contributed by atoms with E-state index in [1.807, 2.05) is 0 Å². The summed E-state index contributed by atoms with van der Waals surface area (Å²) in [5.41, 5.74) is 0.514. The van der Waals surface area contributed by atoms with Gasteiger partial charge in [0.1, 0.15) is 11.9 Å². The first-order valence-corrected chi connectivity index (χ1v) is 8.89. The van der Waals surface area contributed by atoms with Crippen molar-refractivity contribution in [2.75, 3.05) is 4.72 Å². The molecule has 0 saturated heterocycles. The van der Waals surface area contributed by atoms with Crippen LogP contribution in [0.4, 0.5) is 5.69 Å². The SMILES string of the molecule is CC(C)S(=O)(=O)Nc1ccc(OC2CCCCC2O)cc1. The van der Waals surface area contributed by atoms with E-state index in [1.54, 1.807) is 38.1 Å². The van der Waals surface area contributed by atoms with Crippen LogP contribution in [0.2, 0.25) is 0 Å². The molecule has 1 aliphatic rings. The number of benzene rings is 1. The molecule has 1 aliphatic carbocycles. The van der Waals surface area contributed by atoms with E-state index in [0.29, 0.717) is 11.4 Å². The number of anilines is 1. The molecule has 21 heavy (non-hydrogen) atoms. The maximum atomic E-state index is 11.8. The van der Waals surface area contributed by atoms with Gasteiger partial charge in [-0.25, -0.2) is 8.42 Å². The van der Waals surface area contributed by atoms with Gasteiger partial charge in [0.25, 0.3) is 0 Å². The molecule has 1 fully saturated rings. The van der Waals surface area contributed by atoms with E-state index in [9.17, 15) is 13.5 Å². The number of aliphatic hydroxyl groups is 1. The van der Waals surface area contributed by atoms with Crippen molar-refractivity contribution >= 4 is 15.7 Å². The van der Waals surface area contributed by atoms with E-state index in [-0.39, 0.29) is 6.10 Å². The molecule has 0 aromatic heterocycles. The van der Waals surface area contributed by atoms with Gasteiger partial charge in [0.2, 0.25) is 10.0 Å². The van der Waals surface area contributed by atoms with Gasteiger partial charge in [-0.05, 0) is 57.4 Å². The minimum atomic E-state index is -3.33. The first kappa shape index (κ1) is 16.1. The molecule has 2 N–H and O–H groups in total. The molecule has 2 unspecified atom stereocenters. The molecule has 6 heteroatoms. The smallest absolute Gasteiger partial charge is 0.235 e. The highest BCUT2D eigenvalue weighted by Crippen LogP contribution is 2.25. The van der Waals surface area contributed by atoms with Crippen LogP contribution in [0.3, 0.4) is 0 Å². The van der Waals surface area contributed by atoms with E-state index < -0.39 is 21.4 Å². The number of nitrogens with one attached hydrogen (secondary N) is 1. The van der Waals surface area contributed by atoms with Gasteiger partial charge in [0.05, 0.1) is 11.4 Å². The highest BCUT2D eigenvalue weighted by atomic mass is 32.2. The van der Waals surface area contributed by atoms with Gasteiger partial charge in [-0.15, -0.1) is 0 Å². The van der Waals surface area contributed by atoms with Crippen LogP contribution in [0.1, 0.15) is 39.5 Å². The van der Waals surface area contributed by atoms with Gasteiger partial charge in [-0.1, -0.05) is 6.42 Å². The molecular formula is C15H23NO4S. The van der Waals surface area contributed by atoms with Crippen molar-refractivity contribution in [3.05, 3.63) is 24.3 Å². The van der Waals surface area contributed by atoms with E-state index >= 15 is 0 Å². The summed E-state index contributed by atoms with van der Waals surface area (Å²) in [4.78, 5) is 0. The average Bonchev–Trinajstić information content (AvgIpc) is 2.43. The molecule has 0 heterocycles. The zero-order valence-corrected chi connectivity index (χ0v) is 13.3. The summed E-state index contributed by atoms with van der Waals surface area (Å²) >= 11 is 0. The maximum absolute atomic E-state index is 11.8. The number of sulfonamides is 1. The number of hydrogen-bond acceptors (Lipinski definition) is 4. The van der Waals surface area contributed by atoms with Crippen molar-refractivity contribution in [1.82, 2.24) is 0 Å². The molecule has 0 radical (unpaired) electrons. The lowest BCUT2D eigenvalue weighted by atomic mass is 9.95.